The van der Waals surface area contributed by atoms with E-state index >= 15 is 0 Å². The van der Waals surface area contributed by atoms with E-state index in [1.165, 1.54) is 0 Å². The van der Waals surface area contributed by atoms with Crippen molar-refractivity contribution in [2.45, 2.75) is 6.42 Å². The number of carbonyl (C=O) groups is 3. The van der Waals surface area contributed by atoms with Crippen LogP contribution in [-0.4, -0.2) is 49.3 Å². The number of hydrogen-bond donors (Lipinski definition) is 2. The molecule has 2 aliphatic rings. The van der Waals surface area contributed by atoms with E-state index in [1.54, 1.807) is 11.9 Å². The van der Waals surface area contributed by atoms with Gasteiger partial charge in [0.25, 0.3) is 0 Å². The van der Waals surface area contributed by atoms with Gasteiger partial charge in [-0.15, -0.1) is 0 Å². The number of nitrogens with zero attached hydrogens (tertiary/aromatic N) is 1. The highest BCUT2D eigenvalue weighted by Gasteiger charge is 2.45. The van der Waals surface area contributed by atoms with E-state index in [9.17, 15) is 14.4 Å². The highest BCUT2D eigenvalue weighted by Crippen LogP contribution is 2.28. The van der Waals surface area contributed by atoms with Crippen molar-refractivity contribution in [2.75, 3.05) is 26.7 Å². The Morgan fingerprint density at radius 1 is 1.44 bits per heavy atom. The first kappa shape index (κ1) is 11.1. The summed E-state index contributed by atoms with van der Waals surface area (Å²) in [6.07, 6.45) is 0.581. The third-order valence-corrected chi connectivity index (χ3v) is 3.21. The summed E-state index contributed by atoms with van der Waals surface area (Å²) in [7, 11) is 1.70. The van der Waals surface area contributed by atoms with E-state index in [-0.39, 0.29) is 36.1 Å². The molecule has 6 heteroatoms. The van der Waals surface area contributed by atoms with Gasteiger partial charge in [0.05, 0.1) is 18.4 Å². The fraction of sp³-hybridized carbons (Fsp3) is 0.700. The molecule has 0 aromatic carbocycles. The summed E-state index contributed by atoms with van der Waals surface area (Å²) in [6, 6.07) is 0. The minimum atomic E-state index is -0.345. The quantitative estimate of drug-likeness (QED) is 0.551. The van der Waals surface area contributed by atoms with Crippen molar-refractivity contribution in [2.24, 2.45) is 11.8 Å². The second kappa shape index (κ2) is 4.21. The topological polar surface area (TPSA) is 78.5 Å². The van der Waals surface area contributed by atoms with Crippen LogP contribution in [0.15, 0.2) is 0 Å². The number of amides is 3. The molecule has 0 unspecified atom stereocenters. The van der Waals surface area contributed by atoms with Gasteiger partial charge >= 0.3 is 0 Å². The molecule has 88 valence electrons. The molecule has 3 amide bonds. The molecular weight excluding hydrogens is 210 g/mol. The molecule has 0 radical (unpaired) electrons. The van der Waals surface area contributed by atoms with Crippen molar-refractivity contribution in [3.63, 3.8) is 0 Å². The van der Waals surface area contributed by atoms with Crippen molar-refractivity contribution < 1.29 is 14.4 Å². The molecule has 2 fully saturated rings. The van der Waals surface area contributed by atoms with E-state index in [0.717, 1.165) is 0 Å². The van der Waals surface area contributed by atoms with Gasteiger partial charge in [0.1, 0.15) is 0 Å². The van der Waals surface area contributed by atoms with Crippen LogP contribution < -0.4 is 10.6 Å². The van der Waals surface area contributed by atoms with Gasteiger partial charge in [0.2, 0.25) is 17.7 Å². The number of fused-ring (bicyclic) bond motifs is 1. The Balaban J connectivity index is 2.02. The van der Waals surface area contributed by atoms with E-state index in [4.69, 9.17) is 0 Å². The summed E-state index contributed by atoms with van der Waals surface area (Å²) in [5.41, 5.74) is 0. The van der Waals surface area contributed by atoms with Crippen LogP contribution >= 0.6 is 0 Å². The summed E-state index contributed by atoms with van der Waals surface area (Å²) in [6.45, 7) is 1.19. The summed E-state index contributed by atoms with van der Waals surface area (Å²) in [4.78, 5) is 36.1. The largest absolute Gasteiger partial charge is 0.341 e. The summed E-state index contributed by atoms with van der Waals surface area (Å²) in [5.74, 6) is -1.02. The Labute approximate surface area is 93.4 Å². The van der Waals surface area contributed by atoms with Crippen LogP contribution in [0.25, 0.3) is 0 Å². The Morgan fingerprint density at radius 3 is 2.81 bits per heavy atom. The van der Waals surface area contributed by atoms with Crippen LogP contribution in [-0.2, 0) is 14.4 Å². The lowest BCUT2D eigenvalue weighted by molar-refractivity contribution is -0.135. The van der Waals surface area contributed by atoms with Gasteiger partial charge in [-0.25, -0.2) is 0 Å². The van der Waals surface area contributed by atoms with E-state index in [1.807, 2.05) is 0 Å². The third kappa shape index (κ3) is 1.80. The SMILES string of the molecule is CNCC(=O)N1CC[C@@H]2C(=O)NC(=O)[C@H]2C1. The normalized spacial score (nSPS) is 28.9. The number of imide groups is 1. The average molecular weight is 225 g/mol. The first-order valence-corrected chi connectivity index (χ1v) is 5.40. The fourth-order valence-corrected chi connectivity index (χ4v) is 2.33. The number of hydrogen-bond acceptors (Lipinski definition) is 4. The van der Waals surface area contributed by atoms with Crippen molar-refractivity contribution in [1.29, 1.82) is 0 Å². The van der Waals surface area contributed by atoms with Gasteiger partial charge < -0.3 is 10.2 Å². The minimum absolute atomic E-state index is 0.0203. The first-order valence-electron chi connectivity index (χ1n) is 5.40. The Kier molecular flexibility index (Phi) is 2.91. The molecular formula is C10H15N3O3. The van der Waals surface area contributed by atoms with Gasteiger partial charge in [0.15, 0.2) is 0 Å². The lowest BCUT2D eigenvalue weighted by atomic mass is 9.88. The number of likely N-dealkylation sites (tertiary alicyclic amines) is 1. The maximum Gasteiger partial charge on any atom is 0.236 e. The predicted octanol–water partition coefficient (Wildman–Crippen LogP) is -1.67. The standard InChI is InChI=1S/C10H15N3O3/c1-11-4-8(14)13-3-2-6-7(5-13)10(16)12-9(6)15/h6-7,11H,2-5H2,1H3,(H,12,15,16)/t6-,7-/m0/s1. The summed E-state index contributed by atoms with van der Waals surface area (Å²) < 4.78 is 0. The van der Waals surface area contributed by atoms with Gasteiger partial charge in [-0.2, -0.15) is 0 Å². The Morgan fingerprint density at radius 2 is 2.12 bits per heavy atom. The molecule has 0 aromatic rings. The van der Waals surface area contributed by atoms with Crippen LogP contribution in [0.3, 0.4) is 0 Å². The Hall–Kier alpha value is -1.43. The maximum atomic E-state index is 11.6. The lowest BCUT2D eigenvalue weighted by Crippen LogP contribution is -2.47. The van der Waals surface area contributed by atoms with E-state index in [2.05, 4.69) is 10.6 Å². The van der Waals surface area contributed by atoms with Crippen LogP contribution in [0.2, 0.25) is 0 Å². The average Bonchev–Trinajstić information content (AvgIpc) is 2.55. The molecule has 16 heavy (non-hydrogen) atoms. The number of piperidine rings is 1. The molecule has 2 aliphatic heterocycles. The van der Waals surface area contributed by atoms with Gasteiger partial charge in [0, 0.05) is 13.1 Å². The van der Waals surface area contributed by atoms with Crippen LogP contribution in [0.4, 0.5) is 0 Å². The van der Waals surface area contributed by atoms with Crippen molar-refractivity contribution in [3.8, 4) is 0 Å². The van der Waals surface area contributed by atoms with Crippen LogP contribution in [0.1, 0.15) is 6.42 Å². The second-order valence-electron chi connectivity index (χ2n) is 4.23. The highest BCUT2D eigenvalue weighted by atomic mass is 16.2. The molecule has 0 saturated carbocycles. The predicted molar refractivity (Wildman–Crippen MR) is 55.3 cm³/mol. The Bertz CT molecular complexity index is 342. The highest BCUT2D eigenvalue weighted by molar-refractivity contribution is 6.05. The molecule has 2 heterocycles. The van der Waals surface area contributed by atoms with Crippen molar-refractivity contribution in [3.05, 3.63) is 0 Å². The number of nitrogens with one attached hydrogen (secondary N) is 2. The number of carbonyl (C=O) groups excluding carboxylic acids is 3. The molecule has 2 saturated heterocycles. The van der Waals surface area contributed by atoms with Crippen molar-refractivity contribution in [1.82, 2.24) is 15.5 Å². The molecule has 0 aromatic heterocycles. The summed E-state index contributed by atoms with van der Waals surface area (Å²) >= 11 is 0. The van der Waals surface area contributed by atoms with E-state index in [0.29, 0.717) is 19.5 Å². The fourth-order valence-electron chi connectivity index (χ4n) is 2.33. The third-order valence-electron chi connectivity index (χ3n) is 3.21. The number of likely N-dealkylation sites (N-methyl/N-ethyl adjacent to an activating group) is 1. The second-order valence-corrected chi connectivity index (χ2v) is 4.23. The first-order chi connectivity index (χ1) is 7.63. The molecule has 0 bridgehead atoms. The van der Waals surface area contributed by atoms with Crippen molar-refractivity contribution >= 4 is 17.7 Å². The maximum absolute atomic E-state index is 11.6. The van der Waals surface area contributed by atoms with Crippen LogP contribution in [0.5, 0.6) is 0 Å². The zero-order valence-corrected chi connectivity index (χ0v) is 9.16. The molecule has 0 spiro atoms. The molecule has 6 nitrogen and oxygen atoms in total. The monoisotopic (exact) mass is 225 g/mol. The molecule has 0 aliphatic carbocycles. The molecule has 2 atom stereocenters. The zero-order chi connectivity index (χ0) is 11.7. The van der Waals surface area contributed by atoms with Gasteiger partial charge in [-0.05, 0) is 13.5 Å². The van der Waals surface area contributed by atoms with E-state index < -0.39 is 0 Å². The summed E-state index contributed by atoms with van der Waals surface area (Å²) in [5, 5.41) is 5.10. The van der Waals surface area contributed by atoms with Crippen LogP contribution in [0, 0.1) is 11.8 Å². The zero-order valence-electron chi connectivity index (χ0n) is 9.16. The molecule has 2 rings (SSSR count). The lowest BCUT2D eigenvalue weighted by Gasteiger charge is -2.32. The molecule has 2 N–H and O–H groups in total. The minimum Gasteiger partial charge on any atom is -0.341 e. The van der Waals surface area contributed by atoms with Gasteiger partial charge in [-0.3, -0.25) is 19.7 Å². The number of rotatable bonds is 2. The van der Waals surface area contributed by atoms with Gasteiger partial charge in [-0.1, -0.05) is 0 Å². The smallest absolute Gasteiger partial charge is 0.236 e.